The molecule has 1 rings (SSSR count). The van der Waals surface area contributed by atoms with Gasteiger partial charge in [-0.05, 0) is 31.6 Å². The van der Waals surface area contributed by atoms with Crippen molar-refractivity contribution in [1.82, 2.24) is 0 Å². The van der Waals surface area contributed by atoms with Gasteiger partial charge in [-0.2, -0.15) is 0 Å². The minimum atomic E-state index is -0.653. The number of rotatable bonds is 3. The maximum absolute atomic E-state index is 10.2. The van der Waals surface area contributed by atoms with Gasteiger partial charge in [-0.15, -0.1) is 0 Å². The molecular formula is C9H15O2. The van der Waals surface area contributed by atoms with Crippen LogP contribution < -0.4 is 0 Å². The molecule has 11 heavy (non-hydrogen) atoms. The Bertz CT molecular complexity index is 126. The zero-order valence-corrected chi connectivity index (χ0v) is 6.75. The maximum atomic E-state index is 10.2. The van der Waals surface area contributed by atoms with Crippen molar-refractivity contribution in [3.8, 4) is 0 Å². The molecule has 1 aliphatic carbocycles. The standard InChI is InChI=1S/C9H15O2/c10-9(11)7-6-8-4-2-1-3-5-8/h1,8H,2-7H2,(H,10,11). The summed E-state index contributed by atoms with van der Waals surface area (Å²) in [4.78, 5) is 10.2. The first-order valence-corrected chi connectivity index (χ1v) is 4.32. The number of carbonyl (C=O) groups is 1. The zero-order valence-electron chi connectivity index (χ0n) is 6.75. The molecule has 1 fully saturated rings. The van der Waals surface area contributed by atoms with Crippen molar-refractivity contribution >= 4 is 5.97 Å². The summed E-state index contributed by atoms with van der Waals surface area (Å²) in [6.45, 7) is 0. The predicted molar refractivity (Wildman–Crippen MR) is 43.1 cm³/mol. The number of carboxylic acids is 1. The molecule has 0 heterocycles. The first-order chi connectivity index (χ1) is 5.29. The van der Waals surface area contributed by atoms with E-state index in [1.807, 2.05) is 0 Å². The molecule has 0 unspecified atom stereocenters. The third-order valence-electron chi connectivity index (χ3n) is 2.32. The molecule has 0 bridgehead atoms. The van der Waals surface area contributed by atoms with Crippen molar-refractivity contribution in [2.45, 2.75) is 38.5 Å². The van der Waals surface area contributed by atoms with E-state index < -0.39 is 5.97 Å². The fraction of sp³-hybridized carbons (Fsp3) is 0.778. The number of aliphatic carboxylic acids is 1. The predicted octanol–water partition coefficient (Wildman–Crippen LogP) is 2.25. The lowest BCUT2D eigenvalue weighted by Gasteiger charge is -2.19. The average Bonchev–Trinajstić information content (AvgIpc) is 2.03. The smallest absolute Gasteiger partial charge is 0.303 e. The number of hydrogen-bond donors (Lipinski definition) is 1. The van der Waals surface area contributed by atoms with E-state index in [0.717, 1.165) is 6.42 Å². The quantitative estimate of drug-likeness (QED) is 0.678. The van der Waals surface area contributed by atoms with Crippen molar-refractivity contribution in [2.24, 2.45) is 5.92 Å². The molecule has 0 saturated heterocycles. The highest BCUT2D eigenvalue weighted by molar-refractivity contribution is 5.66. The van der Waals surface area contributed by atoms with Crippen LogP contribution in [0.5, 0.6) is 0 Å². The van der Waals surface area contributed by atoms with Gasteiger partial charge in [-0.3, -0.25) is 4.79 Å². The lowest BCUT2D eigenvalue weighted by Crippen LogP contribution is -2.08. The fourth-order valence-electron chi connectivity index (χ4n) is 1.61. The van der Waals surface area contributed by atoms with E-state index in [2.05, 4.69) is 6.42 Å². The molecule has 2 heteroatoms. The molecule has 0 aromatic rings. The molecule has 0 aromatic heterocycles. The molecule has 63 valence electrons. The summed E-state index contributed by atoms with van der Waals surface area (Å²) in [5, 5.41) is 8.44. The van der Waals surface area contributed by atoms with E-state index in [4.69, 9.17) is 5.11 Å². The molecule has 0 amide bonds. The van der Waals surface area contributed by atoms with Gasteiger partial charge in [0.05, 0.1) is 0 Å². The van der Waals surface area contributed by atoms with E-state index in [1.165, 1.54) is 25.7 Å². The molecule has 2 nitrogen and oxygen atoms in total. The highest BCUT2D eigenvalue weighted by Gasteiger charge is 2.14. The van der Waals surface area contributed by atoms with Crippen molar-refractivity contribution in [3.63, 3.8) is 0 Å². The van der Waals surface area contributed by atoms with Gasteiger partial charge in [0.25, 0.3) is 0 Å². The third kappa shape index (κ3) is 3.40. The average molecular weight is 155 g/mol. The van der Waals surface area contributed by atoms with Crippen molar-refractivity contribution in [3.05, 3.63) is 6.42 Å². The van der Waals surface area contributed by atoms with E-state index in [0.29, 0.717) is 12.3 Å². The molecular weight excluding hydrogens is 140 g/mol. The summed E-state index contributed by atoms with van der Waals surface area (Å²) in [6, 6.07) is 0. The van der Waals surface area contributed by atoms with Crippen LogP contribution in [-0.2, 0) is 4.79 Å². The minimum absolute atomic E-state index is 0.352. The topological polar surface area (TPSA) is 37.3 Å². The molecule has 0 aliphatic heterocycles. The Labute approximate surface area is 67.6 Å². The van der Waals surface area contributed by atoms with Crippen LogP contribution in [0.1, 0.15) is 38.5 Å². The highest BCUT2D eigenvalue weighted by atomic mass is 16.4. The van der Waals surface area contributed by atoms with Gasteiger partial charge in [0.1, 0.15) is 0 Å². The van der Waals surface area contributed by atoms with Gasteiger partial charge < -0.3 is 5.11 Å². The fourth-order valence-corrected chi connectivity index (χ4v) is 1.61. The minimum Gasteiger partial charge on any atom is -0.481 e. The third-order valence-corrected chi connectivity index (χ3v) is 2.32. The van der Waals surface area contributed by atoms with Gasteiger partial charge in [0.15, 0.2) is 0 Å². The van der Waals surface area contributed by atoms with Crippen LogP contribution in [-0.4, -0.2) is 11.1 Å². The summed E-state index contributed by atoms with van der Waals surface area (Å²) in [5.74, 6) is 0.0238. The lowest BCUT2D eigenvalue weighted by molar-refractivity contribution is -0.137. The second-order valence-electron chi connectivity index (χ2n) is 3.24. The van der Waals surface area contributed by atoms with E-state index >= 15 is 0 Å². The monoisotopic (exact) mass is 155 g/mol. The molecule has 1 N–H and O–H groups in total. The van der Waals surface area contributed by atoms with Crippen LogP contribution in [0.3, 0.4) is 0 Å². The van der Waals surface area contributed by atoms with Crippen LogP contribution in [0.25, 0.3) is 0 Å². The van der Waals surface area contributed by atoms with Crippen LogP contribution in [0, 0.1) is 12.3 Å². The summed E-state index contributed by atoms with van der Waals surface area (Å²) in [6.07, 6.45) is 8.31. The van der Waals surface area contributed by atoms with Gasteiger partial charge in [-0.1, -0.05) is 12.8 Å². The lowest BCUT2D eigenvalue weighted by atomic mass is 9.86. The van der Waals surface area contributed by atoms with E-state index in [-0.39, 0.29) is 0 Å². The summed E-state index contributed by atoms with van der Waals surface area (Å²) in [7, 11) is 0. The van der Waals surface area contributed by atoms with Crippen molar-refractivity contribution < 1.29 is 9.90 Å². The van der Waals surface area contributed by atoms with Gasteiger partial charge in [-0.25, -0.2) is 0 Å². The Morgan fingerprint density at radius 1 is 1.45 bits per heavy atom. The van der Waals surface area contributed by atoms with E-state index in [1.54, 1.807) is 0 Å². The molecule has 1 saturated carbocycles. The van der Waals surface area contributed by atoms with Gasteiger partial charge >= 0.3 is 5.97 Å². The van der Waals surface area contributed by atoms with Crippen molar-refractivity contribution in [2.75, 3.05) is 0 Å². The Morgan fingerprint density at radius 2 is 2.09 bits per heavy atom. The van der Waals surface area contributed by atoms with Crippen molar-refractivity contribution in [1.29, 1.82) is 0 Å². The second kappa shape index (κ2) is 4.37. The molecule has 0 aromatic carbocycles. The molecule has 1 aliphatic rings. The number of carboxylic acid groups (broad SMARTS) is 1. The number of hydrogen-bond acceptors (Lipinski definition) is 1. The first kappa shape index (κ1) is 8.57. The van der Waals surface area contributed by atoms with Gasteiger partial charge in [0.2, 0.25) is 0 Å². The highest BCUT2D eigenvalue weighted by Crippen LogP contribution is 2.26. The largest absolute Gasteiger partial charge is 0.481 e. The normalized spacial score (nSPS) is 20.0. The second-order valence-corrected chi connectivity index (χ2v) is 3.24. The van der Waals surface area contributed by atoms with Crippen LogP contribution >= 0.6 is 0 Å². The summed E-state index contributed by atoms with van der Waals surface area (Å²) in [5.41, 5.74) is 0. The Balaban J connectivity index is 2.09. The summed E-state index contributed by atoms with van der Waals surface area (Å²) < 4.78 is 0. The Kier molecular flexibility index (Phi) is 3.40. The van der Waals surface area contributed by atoms with E-state index in [9.17, 15) is 4.79 Å². The zero-order chi connectivity index (χ0) is 8.10. The van der Waals surface area contributed by atoms with Crippen LogP contribution in [0.15, 0.2) is 0 Å². The maximum Gasteiger partial charge on any atom is 0.303 e. The Hall–Kier alpha value is -0.530. The SMILES string of the molecule is O=C(O)CCC1CC[CH]CC1. The molecule has 0 spiro atoms. The van der Waals surface area contributed by atoms with Gasteiger partial charge in [0, 0.05) is 6.42 Å². The Morgan fingerprint density at radius 3 is 2.64 bits per heavy atom. The van der Waals surface area contributed by atoms with Crippen LogP contribution in [0.4, 0.5) is 0 Å². The first-order valence-electron chi connectivity index (χ1n) is 4.32. The molecule has 1 radical (unpaired) electrons. The summed E-state index contributed by atoms with van der Waals surface area (Å²) >= 11 is 0. The van der Waals surface area contributed by atoms with Crippen LogP contribution in [0.2, 0.25) is 0 Å². The molecule has 0 atom stereocenters.